The van der Waals surface area contributed by atoms with Gasteiger partial charge in [-0.3, -0.25) is 0 Å². The molecule has 10 heteroatoms. The monoisotopic (exact) mass is 547 g/mol. The average Bonchev–Trinajstić information content (AvgIpc) is 3.23. The molecule has 1 fully saturated rings. The predicted octanol–water partition coefficient (Wildman–Crippen LogP) is 7.99. The van der Waals surface area contributed by atoms with Crippen LogP contribution in [-0.4, -0.2) is 47.2 Å². The highest BCUT2D eigenvalue weighted by Gasteiger charge is 2.23. The fourth-order valence-electron chi connectivity index (χ4n) is 3.99. The molecule has 3 heterocycles. The number of rotatable bonds is 6. The normalized spacial score (nSPS) is 17.3. The van der Waals surface area contributed by atoms with E-state index in [1.165, 1.54) is 19.5 Å². The molecule has 1 aliphatic heterocycles. The SMILES string of the molecule is CCC(C)C.CCC(F)F.CN=Nc1ccc(-c2c(F)cn3nc(NC4CCNCC4C)nc(C)c23)cc1C. The van der Waals surface area contributed by atoms with E-state index < -0.39 is 6.43 Å². The Morgan fingerprint density at radius 2 is 1.85 bits per heavy atom. The van der Waals surface area contributed by atoms with Gasteiger partial charge in [-0.15, -0.1) is 5.10 Å². The molecule has 0 spiro atoms. The van der Waals surface area contributed by atoms with Crippen LogP contribution in [-0.2, 0) is 0 Å². The van der Waals surface area contributed by atoms with Crippen molar-refractivity contribution in [1.29, 1.82) is 0 Å². The molecule has 2 aromatic heterocycles. The summed E-state index contributed by atoms with van der Waals surface area (Å²) in [5.41, 5.74) is 4.40. The van der Waals surface area contributed by atoms with Gasteiger partial charge in [-0.05, 0) is 68.5 Å². The van der Waals surface area contributed by atoms with Crippen molar-refractivity contribution in [2.45, 2.75) is 80.2 Å². The second kappa shape index (κ2) is 15.5. The Labute approximate surface area is 230 Å². The van der Waals surface area contributed by atoms with Gasteiger partial charge in [0.15, 0.2) is 5.82 Å². The highest BCUT2D eigenvalue weighted by Crippen LogP contribution is 2.33. The number of nitrogens with one attached hydrogen (secondary N) is 2. The molecule has 1 aromatic carbocycles. The third kappa shape index (κ3) is 9.30. The smallest absolute Gasteiger partial charge is 0.241 e. The molecule has 3 aromatic rings. The Hall–Kier alpha value is -3.01. The summed E-state index contributed by atoms with van der Waals surface area (Å²) in [7, 11) is 1.63. The van der Waals surface area contributed by atoms with E-state index in [1.807, 2.05) is 32.0 Å². The van der Waals surface area contributed by atoms with Gasteiger partial charge in [0.1, 0.15) is 0 Å². The zero-order chi connectivity index (χ0) is 29.1. The molecule has 1 aliphatic rings. The molecule has 7 nitrogen and oxygen atoms in total. The predicted molar refractivity (Wildman–Crippen MR) is 154 cm³/mol. The summed E-state index contributed by atoms with van der Waals surface area (Å²) in [4.78, 5) is 4.64. The summed E-state index contributed by atoms with van der Waals surface area (Å²) in [6.07, 6.45) is 1.59. The number of nitrogens with zero attached hydrogens (tertiary/aromatic N) is 5. The number of aromatic nitrogens is 3. The fraction of sp³-hybridized carbons (Fsp3) is 0.586. The van der Waals surface area contributed by atoms with Crippen molar-refractivity contribution < 1.29 is 13.2 Å². The first-order valence-corrected chi connectivity index (χ1v) is 13.7. The van der Waals surface area contributed by atoms with Gasteiger partial charge in [-0.25, -0.2) is 22.7 Å². The van der Waals surface area contributed by atoms with Gasteiger partial charge in [0.25, 0.3) is 0 Å². The van der Waals surface area contributed by atoms with Crippen molar-refractivity contribution in [1.82, 2.24) is 19.9 Å². The Morgan fingerprint density at radius 1 is 1.18 bits per heavy atom. The lowest BCUT2D eigenvalue weighted by Gasteiger charge is -2.30. The van der Waals surface area contributed by atoms with E-state index in [9.17, 15) is 13.2 Å². The summed E-state index contributed by atoms with van der Waals surface area (Å²) in [5.74, 6) is 1.57. The number of azo groups is 1. The Bertz CT molecular complexity index is 1200. The first kappa shape index (κ1) is 32.2. The number of aryl methyl sites for hydroxylation is 2. The van der Waals surface area contributed by atoms with E-state index in [0.29, 0.717) is 29.0 Å². The van der Waals surface area contributed by atoms with Gasteiger partial charge in [0.2, 0.25) is 12.4 Å². The van der Waals surface area contributed by atoms with Crippen LogP contribution in [0.5, 0.6) is 0 Å². The minimum atomic E-state index is -2.12. The molecule has 0 radical (unpaired) electrons. The highest BCUT2D eigenvalue weighted by atomic mass is 19.3. The van der Waals surface area contributed by atoms with Crippen molar-refractivity contribution in [3.8, 4) is 11.1 Å². The first-order valence-electron chi connectivity index (χ1n) is 13.7. The van der Waals surface area contributed by atoms with Gasteiger partial charge in [-0.1, -0.05) is 47.1 Å². The van der Waals surface area contributed by atoms with Crippen LogP contribution in [0.2, 0.25) is 0 Å². The topological polar surface area (TPSA) is 79.0 Å². The van der Waals surface area contributed by atoms with Gasteiger partial charge in [0, 0.05) is 25.1 Å². The number of anilines is 1. The zero-order valence-corrected chi connectivity index (χ0v) is 24.5. The number of benzene rings is 1. The molecule has 2 atom stereocenters. The van der Waals surface area contributed by atoms with E-state index in [-0.39, 0.29) is 12.2 Å². The lowest BCUT2D eigenvalue weighted by atomic mass is 9.95. The number of piperidine rings is 1. The number of alkyl halides is 2. The summed E-state index contributed by atoms with van der Waals surface area (Å²) < 4.78 is 38.1. The summed E-state index contributed by atoms with van der Waals surface area (Å²) in [6.45, 7) is 16.1. The van der Waals surface area contributed by atoms with Crippen LogP contribution < -0.4 is 10.6 Å². The van der Waals surface area contributed by atoms with Crippen LogP contribution in [0.15, 0.2) is 34.6 Å². The second-order valence-electron chi connectivity index (χ2n) is 10.3. The van der Waals surface area contributed by atoms with Crippen molar-refractivity contribution in [3.05, 3.63) is 41.5 Å². The molecular weight excluding hydrogens is 503 g/mol. The van der Waals surface area contributed by atoms with Crippen molar-refractivity contribution in [3.63, 3.8) is 0 Å². The van der Waals surface area contributed by atoms with Crippen molar-refractivity contribution in [2.75, 3.05) is 25.5 Å². The van der Waals surface area contributed by atoms with Crippen molar-refractivity contribution >= 4 is 17.2 Å². The molecule has 2 N–H and O–H groups in total. The van der Waals surface area contributed by atoms with E-state index in [4.69, 9.17) is 0 Å². The molecule has 0 aliphatic carbocycles. The van der Waals surface area contributed by atoms with Crippen LogP contribution >= 0.6 is 0 Å². The molecular formula is C29H44F3N7. The highest BCUT2D eigenvalue weighted by molar-refractivity contribution is 5.84. The third-order valence-corrected chi connectivity index (χ3v) is 6.68. The van der Waals surface area contributed by atoms with Gasteiger partial charge >= 0.3 is 0 Å². The molecule has 39 heavy (non-hydrogen) atoms. The first-order chi connectivity index (χ1) is 18.5. The maximum Gasteiger partial charge on any atom is 0.241 e. The minimum Gasteiger partial charge on any atom is -0.350 e. The van der Waals surface area contributed by atoms with Gasteiger partial charge in [-0.2, -0.15) is 10.2 Å². The zero-order valence-electron chi connectivity index (χ0n) is 24.5. The van der Waals surface area contributed by atoms with E-state index >= 15 is 0 Å². The largest absolute Gasteiger partial charge is 0.350 e. The van der Waals surface area contributed by atoms with Crippen LogP contribution in [0, 0.1) is 31.5 Å². The molecule has 0 bridgehead atoms. The molecule has 216 valence electrons. The fourth-order valence-corrected chi connectivity index (χ4v) is 3.99. The number of halogens is 3. The second-order valence-corrected chi connectivity index (χ2v) is 10.3. The lowest BCUT2D eigenvalue weighted by Crippen LogP contribution is -2.42. The van der Waals surface area contributed by atoms with Crippen LogP contribution in [0.1, 0.15) is 65.1 Å². The van der Waals surface area contributed by atoms with E-state index in [0.717, 1.165) is 47.9 Å². The standard InChI is InChI=1S/C21H26FN7.C5H12.C3H6F2/c1-12-9-15(5-6-18(12)27-23-4)19-16(22)11-29-20(19)14(3)25-21(28-29)26-17-7-8-24-10-13(17)2;1-4-5(2)3;1-2-3(4)5/h5-6,9,11,13,17,24H,7-8,10H2,1-4H3,(H,26,28);5H,4H2,1-3H3;3H,2H2,1H3. The van der Waals surface area contributed by atoms with Crippen LogP contribution in [0.25, 0.3) is 16.6 Å². The summed E-state index contributed by atoms with van der Waals surface area (Å²) in [6, 6.07) is 5.93. The van der Waals surface area contributed by atoms with Crippen LogP contribution in [0.4, 0.5) is 24.8 Å². The van der Waals surface area contributed by atoms with Gasteiger partial charge < -0.3 is 10.6 Å². The maximum atomic E-state index is 14.9. The Morgan fingerprint density at radius 3 is 2.38 bits per heavy atom. The lowest BCUT2D eigenvalue weighted by molar-refractivity contribution is 0.144. The quantitative estimate of drug-likeness (QED) is 0.307. The van der Waals surface area contributed by atoms with Crippen molar-refractivity contribution in [2.24, 2.45) is 22.1 Å². The van der Waals surface area contributed by atoms with Gasteiger partial charge in [0.05, 0.1) is 23.1 Å². The van der Waals surface area contributed by atoms with E-state index in [1.54, 1.807) is 11.6 Å². The third-order valence-electron chi connectivity index (χ3n) is 6.68. The molecule has 1 saturated heterocycles. The summed E-state index contributed by atoms with van der Waals surface area (Å²) >= 11 is 0. The molecule has 0 saturated carbocycles. The van der Waals surface area contributed by atoms with E-state index in [2.05, 4.69) is 58.6 Å². The maximum absolute atomic E-state index is 14.9. The number of hydrogen-bond acceptors (Lipinski definition) is 6. The average molecular weight is 548 g/mol. The molecule has 0 amide bonds. The number of fused-ring (bicyclic) bond motifs is 1. The molecule has 4 rings (SSSR count). The number of hydrogen-bond donors (Lipinski definition) is 2. The molecule has 2 unspecified atom stereocenters. The Kier molecular flexibility index (Phi) is 12.8. The Balaban J connectivity index is 0.000000458. The minimum absolute atomic E-state index is 0.0278. The summed E-state index contributed by atoms with van der Waals surface area (Å²) in [5, 5.41) is 19.3. The van der Waals surface area contributed by atoms with Crippen LogP contribution in [0.3, 0.4) is 0 Å².